The summed E-state index contributed by atoms with van der Waals surface area (Å²) < 4.78 is 67.3. The van der Waals surface area contributed by atoms with Gasteiger partial charge in [-0.1, -0.05) is 36.4 Å². The van der Waals surface area contributed by atoms with Crippen molar-refractivity contribution in [2.45, 2.75) is 37.4 Å². The number of sulfonamides is 1. The van der Waals surface area contributed by atoms with Crippen LogP contribution in [0.3, 0.4) is 0 Å². The number of benzene rings is 2. The third kappa shape index (κ3) is 5.47. The predicted octanol–water partition coefficient (Wildman–Crippen LogP) is 4.08. The van der Waals surface area contributed by atoms with Crippen LogP contribution in [0, 0.1) is 0 Å². The van der Waals surface area contributed by atoms with Gasteiger partial charge in [0.2, 0.25) is 10.0 Å². The first kappa shape index (κ1) is 18.7. The Labute approximate surface area is 150 Å². The maximum Gasteiger partial charge on any atom is 0.573 e. The molecule has 4 nitrogen and oxygen atoms in total. The summed E-state index contributed by atoms with van der Waals surface area (Å²) in [6, 6.07) is 12.5. The van der Waals surface area contributed by atoms with Gasteiger partial charge in [0.25, 0.3) is 0 Å². The molecule has 1 fully saturated rings. The molecule has 8 heteroatoms. The lowest BCUT2D eigenvalue weighted by molar-refractivity contribution is -0.274. The molecule has 26 heavy (non-hydrogen) atoms. The second-order valence-electron chi connectivity index (χ2n) is 6.25. The zero-order chi connectivity index (χ0) is 18.8. The van der Waals surface area contributed by atoms with Crippen LogP contribution in [0.4, 0.5) is 13.2 Å². The SMILES string of the molecule is O=S(=O)(Cc1ccc(OC(F)(F)F)cc1)NCc1ccccc1C1CC1. The van der Waals surface area contributed by atoms with E-state index in [1.165, 1.54) is 17.7 Å². The summed E-state index contributed by atoms with van der Waals surface area (Å²) in [5.74, 6) is -0.188. The maximum atomic E-state index is 12.3. The highest BCUT2D eigenvalue weighted by Crippen LogP contribution is 2.41. The molecule has 0 heterocycles. The third-order valence-electron chi connectivity index (χ3n) is 4.07. The zero-order valence-corrected chi connectivity index (χ0v) is 14.6. The average molecular weight is 385 g/mol. The molecule has 1 N–H and O–H groups in total. The molecule has 2 aromatic rings. The number of hydrogen-bond donors (Lipinski definition) is 1. The van der Waals surface area contributed by atoms with E-state index in [9.17, 15) is 21.6 Å². The Bertz CT molecular complexity index is 860. The Morgan fingerprint density at radius 1 is 1.04 bits per heavy atom. The fourth-order valence-corrected chi connectivity index (χ4v) is 3.84. The van der Waals surface area contributed by atoms with E-state index in [2.05, 4.69) is 9.46 Å². The molecule has 0 aromatic heterocycles. The Kier molecular flexibility index (Phi) is 5.24. The number of hydrogen-bond acceptors (Lipinski definition) is 3. The van der Waals surface area contributed by atoms with E-state index < -0.39 is 16.4 Å². The third-order valence-corrected chi connectivity index (χ3v) is 5.37. The smallest absolute Gasteiger partial charge is 0.406 e. The molecule has 1 saturated carbocycles. The van der Waals surface area contributed by atoms with Crippen LogP contribution in [0.1, 0.15) is 35.4 Å². The Hall–Kier alpha value is -2.06. The minimum absolute atomic E-state index is 0.199. The molecule has 3 rings (SSSR count). The first-order chi connectivity index (χ1) is 12.2. The quantitative estimate of drug-likeness (QED) is 0.781. The summed E-state index contributed by atoms with van der Waals surface area (Å²) in [7, 11) is -3.62. The van der Waals surface area contributed by atoms with E-state index in [1.54, 1.807) is 0 Å². The molecule has 0 unspecified atom stereocenters. The molecule has 0 spiro atoms. The summed E-state index contributed by atoms with van der Waals surface area (Å²) >= 11 is 0. The van der Waals surface area contributed by atoms with Gasteiger partial charge in [0.05, 0.1) is 5.75 Å². The van der Waals surface area contributed by atoms with Gasteiger partial charge in [0, 0.05) is 6.54 Å². The fourth-order valence-electron chi connectivity index (χ4n) is 2.73. The van der Waals surface area contributed by atoms with Crippen LogP contribution >= 0.6 is 0 Å². The van der Waals surface area contributed by atoms with Crippen molar-refractivity contribution < 1.29 is 26.3 Å². The zero-order valence-electron chi connectivity index (χ0n) is 13.8. The molecule has 0 bridgehead atoms. The molecular formula is C18H18F3NO3S. The minimum atomic E-state index is -4.77. The van der Waals surface area contributed by atoms with E-state index in [-0.39, 0.29) is 18.0 Å². The molecule has 2 aromatic carbocycles. The highest BCUT2D eigenvalue weighted by molar-refractivity contribution is 7.88. The van der Waals surface area contributed by atoms with Crippen molar-refractivity contribution in [1.82, 2.24) is 4.72 Å². The lowest BCUT2D eigenvalue weighted by Crippen LogP contribution is -2.25. The summed E-state index contributed by atoms with van der Waals surface area (Å²) in [5.41, 5.74) is 2.50. The lowest BCUT2D eigenvalue weighted by atomic mass is 10.0. The van der Waals surface area contributed by atoms with Crippen molar-refractivity contribution in [2.24, 2.45) is 0 Å². The van der Waals surface area contributed by atoms with Crippen LogP contribution in [-0.2, 0) is 22.3 Å². The summed E-state index contributed by atoms with van der Waals surface area (Å²) in [6.45, 7) is 0.199. The van der Waals surface area contributed by atoms with E-state index in [4.69, 9.17) is 0 Å². The molecule has 0 aliphatic heterocycles. The Morgan fingerprint density at radius 3 is 2.31 bits per heavy atom. The van der Waals surface area contributed by atoms with Crippen LogP contribution in [0.5, 0.6) is 5.75 Å². The van der Waals surface area contributed by atoms with Crippen molar-refractivity contribution in [3.63, 3.8) is 0 Å². The molecule has 0 radical (unpaired) electrons. The first-order valence-corrected chi connectivity index (χ1v) is 9.77. The number of halogens is 3. The average Bonchev–Trinajstić information content (AvgIpc) is 3.38. The Balaban J connectivity index is 1.61. The number of alkyl halides is 3. The van der Waals surface area contributed by atoms with Crippen molar-refractivity contribution in [3.05, 3.63) is 65.2 Å². The lowest BCUT2D eigenvalue weighted by Gasteiger charge is -2.11. The second kappa shape index (κ2) is 7.28. The number of ether oxygens (including phenoxy) is 1. The molecule has 1 aliphatic carbocycles. The van der Waals surface area contributed by atoms with Crippen LogP contribution in [0.15, 0.2) is 48.5 Å². The van der Waals surface area contributed by atoms with E-state index >= 15 is 0 Å². The molecule has 0 atom stereocenters. The van der Waals surface area contributed by atoms with Crippen LogP contribution in [0.2, 0.25) is 0 Å². The standard InChI is InChI=1S/C18H18F3NO3S/c19-18(20,21)25-16-9-5-13(6-10-16)12-26(23,24)22-11-15-3-1-2-4-17(15)14-7-8-14/h1-6,9-10,14,22H,7-8,11-12H2. The van der Waals surface area contributed by atoms with Crippen LogP contribution < -0.4 is 9.46 Å². The monoisotopic (exact) mass is 385 g/mol. The van der Waals surface area contributed by atoms with Crippen molar-refractivity contribution in [1.29, 1.82) is 0 Å². The molecule has 140 valence electrons. The van der Waals surface area contributed by atoms with E-state index in [0.29, 0.717) is 11.5 Å². The van der Waals surface area contributed by atoms with Gasteiger partial charge < -0.3 is 4.74 Å². The molecular weight excluding hydrogens is 367 g/mol. The highest BCUT2D eigenvalue weighted by atomic mass is 32.2. The number of rotatable bonds is 7. The van der Waals surface area contributed by atoms with Gasteiger partial charge in [-0.2, -0.15) is 0 Å². The van der Waals surface area contributed by atoms with Crippen LogP contribution in [-0.4, -0.2) is 14.8 Å². The van der Waals surface area contributed by atoms with Gasteiger partial charge in [-0.3, -0.25) is 0 Å². The van der Waals surface area contributed by atoms with Gasteiger partial charge in [-0.05, 0) is 47.6 Å². The van der Waals surface area contributed by atoms with Gasteiger partial charge in [0.15, 0.2) is 0 Å². The highest BCUT2D eigenvalue weighted by Gasteiger charge is 2.31. The number of nitrogens with one attached hydrogen (secondary N) is 1. The molecule has 0 amide bonds. The maximum absolute atomic E-state index is 12.3. The second-order valence-corrected chi connectivity index (χ2v) is 8.05. The summed E-state index contributed by atoms with van der Waals surface area (Å²) in [4.78, 5) is 0. The predicted molar refractivity (Wildman–Crippen MR) is 91.0 cm³/mol. The van der Waals surface area contributed by atoms with Crippen molar-refractivity contribution in [2.75, 3.05) is 0 Å². The fraction of sp³-hybridized carbons (Fsp3) is 0.333. The summed E-state index contributed by atoms with van der Waals surface area (Å²) in [6.07, 6.45) is -2.53. The van der Waals surface area contributed by atoms with Gasteiger partial charge in [-0.15, -0.1) is 13.2 Å². The van der Waals surface area contributed by atoms with Gasteiger partial charge >= 0.3 is 6.36 Å². The van der Waals surface area contributed by atoms with Crippen LogP contribution in [0.25, 0.3) is 0 Å². The topological polar surface area (TPSA) is 55.4 Å². The molecule has 1 aliphatic rings. The minimum Gasteiger partial charge on any atom is -0.406 e. The normalized spacial score (nSPS) is 15.0. The van der Waals surface area contributed by atoms with Gasteiger partial charge in [0.1, 0.15) is 5.75 Å². The largest absolute Gasteiger partial charge is 0.573 e. The van der Waals surface area contributed by atoms with E-state index in [0.717, 1.165) is 30.5 Å². The molecule has 0 saturated heterocycles. The first-order valence-electron chi connectivity index (χ1n) is 8.12. The van der Waals surface area contributed by atoms with Gasteiger partial charge in [-0.25, -0.2) is 13.1 Å². The van der Waals surface area contributed by atoms with Crippen molar-refractivity contribution >= 4 is 10.0 Å². The summed E-state index contributed by atoms with van der Waals surface area (Å²) in [5, 5.41) is 0. The van der Waals surface area contributed by atoms with E-state index in [1.807, 2.05) is 24.3 Å². The van der Waals surface area contributed by atoms with Crippen molar-refractivity contribution in [3.8, 4) is 5.75 Å². The Morgan fingerprint density at radius 2 is 1.69 bits per heavy atom.